The largest absolute Gasteiger partial charge is 0.385 e. The lowest BCUT2D eigenvalue weighted by Gasteiger charge is -2.19. The molecule has 5 nitrogen and oxygen atoms in total. The minimum absolute atomic E-state index is 0.149. The number of hydrogen-bond donors (Lipinski definition) is 2. The van der Waals surface area contributed by atoms with Crippen molar-refractivity contribution >= 4 is 16.5 Å². The van der Waals surface area contributed by atoms with Crippen LogP contribution >= 0.6 is 0 Å². The molecule has 2 aromatic carbocycles. The Hall–Kier alpha value is -2.66. The lowest BCUT2D eigenvalue weighted by atomic mass is 10.0. The molecule has 1 saturated heterocycles. The van der Waals surface area contributed by atoms with Crippen molar-refractivity contribution in [1.82, 2.24) is 15.1 Å². The third-order valence-corrected chi connectivity index (χ3v) is 6.01. The Kier molecular flexibility index (Phi) is 7.14. The van der Waals surface area contributed by atoms with Crippen LogP contribution in [-0.4, -0.2) is 41.3 Å². The molecule has 0 spiro atoms. The summed E-state index contributed by atoms with van der Waals surface area (Å²) in [5.74, 6) is 0. The highest BCUT2D eigenvalue weighted by atomic mass is 16.1. The second-order valence-electron chi connectivity index (χ2n) is 8.27. The van der Waals surface area contributed by atoms with Crippen LogP contribution < -0.4 is 10.9 Å². The molecule has 0 bridgehead atoms. The van der Waals surface area contributed by atoms with Gasteiger partial charge in [0, 0.05) is 23.2 Å². The maximum atomic E-state index is 12.0. The second kappa shape index (κ2) is 10.4. The molecule has 2 heterocycles. The van der Waals surface area contributed by atoms with Crippen molar-refractivity contribution in [1.29, 1.82) is 0 Å². The first-order valence-electron chi connectivity index (χ1n) is 11.4. The summed E-state index contributed by atoms with van der Waals surface area (Å²) in [4.78, 5) is 14.7. The number of unbranched alkanes of at least 4 members (excludes halogenated alkanes) is 2. The van der Waals surface area contributed by atoms with Crippen molar-refractivity contribution in [2.45, 2.75) is 44.9 Å². The van der Waals surface area contributed by atoms with Crippen molar-refractivity contribution < 1.29 is 0 Å². The highest BCUT2D eigenvalue weighted by Crippen LogP contribution is 2.26. The van der Waals surface area contributed by atoms with Crippen LogP contribution in [0.3, 0.4) is 0 Å². The van der Waals surface area contributed by atoms with E-state index in [2.05, 4.69) is 32.5 Å². The predicted molar refractivity (Wildman–Crippen MR) is 125 cm³/mol. The fourth-order valence-corrected chi connectivity index (χ4v) is 4.34. The topological polar surface area (TPSA) is 61.0 Å². The number of hydrogen-bond acceptors (Lipinski definition) is 4. The van der Waals surface area contributed by atoms with Gasteiger partial charge in [-0.3, -0.25) is 4.79 Å². The number of fused-ring (bicyclic) bond motifs is 1. The summed E-state index contributed by atoms with van der Waals surface area (Å²) in [5.41, 5.74) is 2.76. The van der Waals surface area contributed by atoms with E-state index in [1.54, 1.807) is 0 Å². The fourth-order valence-electron chi connectivity index (χ4n) is 4.34. The number of aromatic amines is 1. The molecule has 158 valence electrons. The molecule has 1 aliphatic rings. The van der Waals surface area contributed by atoms with Gasteiger partial charge in [-0.25, -0.2) is 5.10 Å². The number of likely N-dealkylation sites (tertiary alicyclic amines) is 1. The van der Waals surface area contributed by atoms with Crippen LogP contribution in [-0.2, 0) is 0 Å². The molecular formula is C25H32N4O. The van der Waals surface area contributed by atoms with Gasteiger partial charge in [-0.05, 0) is 63.5 Å². The van der Waals surface area contributed by atoms with Gasteiger partial charge in [0.2, 0.25) is 0 Å². The molecule has 3 aromatic rings. The lowest BCUT2D eigenvalue weighted by Crippen LogP contribution is -2.25. The van der Waals surface area contributed by atoms with Crippen molar-refractivity contribution in [3.05, 3.63) is 58.9 Å². The maximum Gasteiger partial charge on any atom is 0.272 e. The van der Waals surface area contributed by atoms with E-state index >= 15 is 0 Å². The minimum atomic E-state index is -0.149. The Morgan fingerprint density at radius 2 is 1.70 bits per heavy atom. The van der Waals surface area contributed by atoms with Crippen molar-refractivity contribution in [3.63, 3.8) is 0 Å². The Labute approximate surface area is 178 Å². The highest BCUT2D eigenvalue weighted by molar-refractivity contribution is 5.94. The predicted octanol–water partition coefficient (Wildman–Crippen LogP) is 5.05. The van der Waals surface area contributed by atoms with Crippen LogP contribution in [0.4, 0.5) is 5.69 Å². The molecule has 30 heavy (non-hydrogen) atoms. The number of aromatic nitrogens is 2. The number of H-pyrrole nitrogens is 1. The van der Waals surface area contributed by atoms with E-state index in [0.717, 1.165) is 28.9 Å². The van der Waals surface area contributed by atoms with Gasteiger partial charge in [0.25, 0.3) is 5.56 Å². The molecular weight excluding hydrogens is 372 g/mol. The van der Waals surface area contributed by atoms with Crippen LogP contribution in [0.1, 0.15) is 44.9 Å². The van der Waals surface area contributed by atoms with E-state index in [9.17, 15) is 4.79 Å². The molecule has 0 atom stereocenters. The second-order valence-corrected chi connectivity index (χ2v) is 8.27. The van der Waals surface area contributed by atoms with Gasteiger partial charge in [0.1, 0.15) is 0 Å². The molecule has 0 radical (unpaired) electrons. The average Bonchev–Trinajstić information content (AvgIpc) is 3.06. The number of rotatable bonds is 8. The van der Waals surface area contributed by atoms with E-state index in [4.69, 9.17) is 0 Å². The summed E-state index contributed by atoms with van der Waals surface area (Å²) in [6.45, 7) is 4.81. The number of nitrogens with zero attached hydrogens (tertiary/aromatic N) is 2. The van der Waals surface area contributed by atoms with E-state index in [1.165, 1.54) is 64.6 Å². The molecule has 2 N–H and O–H groups in total. The first kappa shape index (κ1) is 20.6. The molecule has 0 amide bonds. The van der Waals surface area contributed by atoms with Crippen molar-refractivity contribution in [2.24, 2.45) is 0 Å². The standard InChI is InChI=1S/C25H32N4O/c30-25-23-14-5-4-13-22(23)24(27-28-25)20-11-10-12-21(19-20)26-15-6-3-9-18-29-16-7-1-2-8-17-29/h4-5,10-14,19,26H,1-3,6-9,15-18H2,(H,28,30). The summed E-state index contributed by atoms with van der Waals surface area (Å²) < 4.78 is 0. The summed E-state index contributed by atoms with van der Waals surface area (Å²) in [5, 5.41) is 12.1. The Morgan fingerprint density at radius 3 is 2.53 bits per heavy atom. The number of nitrogens with one attached hydrogen (secondary N) is 2. The van der Waals surface area contributed by atoms with Crippen LogP contribution in [0.15, 0.2) is 53.3 Å². The zero-order chi connectivity index (χ0) is 20.6. The van der Waals surface area contributed by atoms with Crippen molar-refractivity contribution in [3.8, 4) is 11.3 Å². The normalized spacial score (nSPS) is 15.2. The Balaban J connectivity index is 1.30. The molecule has 0 saturated carbocycles. The van der Waals surface area contributed by atoms with Crippen LogP contribution in [0, 0.1) is 0 Å². The molecule has 1 aromatic heterocycles. The van der Waals surface area contributed by atoms with Crippen LogP contribution in [0.5, 0.6) is 0 Å². The molecule has 0 aliphatic carbocycles. The highest BCUT2D eigenvalue weighted by Gasteiger charge is 2.09. The third-order valence-electron chi connectivity index (χ3n) is 6.01. The number of benzene rings is 2. The van der Waals surface area contributed by atoms with Gasteiger partial charge >= 0.3 is 0 Å². The SMILES string of the molecule is O=c1[nH]nc(-c2cccc(NCCCCCN3CCCCCC3)c2)c2ccccc12. The van der Waals surface area contributed by atoms with Crippen LogP contribution in [0.2, 0.25) is 0 Å². The van der Waals surface area contributed by atoms with E-state index in [-0.39, 0.29) is 5.56 Å². The van der Waals surface area contributed by atoms with Gasteiger partial charge in [0.15, 0.2) is 0 Å². The van der Waals surface area contributed by atoms with Crippen molar-refractivity contribution in [2.75, 3.05) is 31.5 Å². The monoisotopic (exact) mass is 404 g/mol. The van der Waals surface area contributed by atoms with E-state index in [0.29, 0.717) is 5.39 Å². The third kappa shape index (κ3) is 5.28. The lowest BCUT2D eigenvalue weighted by molar-refractivity contribution is 0.278. The molecule has 1 fully saturated rings. The molecule has 1 aliphatic heterocycles. The number of anilines is 1. The summed E-state index contributed by atoms with van der Waals surface area (Å²) >= 11 is 0. The van der Waals surface area contributed by atoms with E-state index in [1.807, 2.05) is 36.4 Å². The maximum absolute atomic E-state index is 12.0. The summed E-state index contributed by atoms with van der Waals surface area (Å²) in [6, 6.07) is 15.9. The zero-order valence-corrected chi connectivity index (χ0v) is 17.7. The van der Waals surface area contributed by atoms with Gasteiger partial charge in [-0.1, -0.05) is 49.6 Å². The van der Waals surface area contributed by atoms with Gasteiger partial charge in [-0.15, -0.1) is 0 Å². The smallest absolute Gasteiger partial charge is 0.272 e. The van der Waals surface area contributed by atoms with Gasteiger partial charge in [-0.2, -0.15) is 5.10 Å². The summed E-state index contributed by atoms with van der Waals surface area (Å²) in [6.07, 6.45) is 9.28. The minimum Gasteiger partial charge on any atom is -0.385 e. The molecule has 5 heteroatoms. The molecule has 4 rings (SSSR count). The first-order chi connectivity index (χ1) is 14.8. The average molecular weight is 405 g/mol. The molecule has 0 unspecified atom stereocenters. The van der Waals surface area contributed by atoms with Gasteiger partial charge < -0.3 is 10.2 Å². The first-order valence-corrected chi connectivity index (χ1v) is 11.4. The Bertz CT molecular complexity index is 1010. The van der Waals surface area contributed by atoms with Gasteiger partial charge in [0.05, 0.1) is 11.1 Å². The quantitative estimate of drug-likeness (QED) is 0.516. The van der Waals surface area contributed by atoms with E-state index < -0.39 is 0 Å². The summed E-state index contributed by atoms with van der Waals surface area (Å²) in [7, 11) is 0. The fraction of sp³-hybridized carbons (Fsp3) is 0.440. The van der Waals surface area contributed by atoms with Crippen LogP contribution in [0.25, 0.3) is 22.0 Å². The Morgan fingerprint density at radius 1 is 0.900 bits per heavy atom. The zero-order valence-electron chi connectivity index (χ0n) is 17.7.